The van der Waals surface area contributed by atoms with E-state index in [9.17, 15) is 9.59 Å². The van der Waals surface area contributed by atoms with Crippen molar-refractivity contribution in [3.63, 3.8) is 0 Å². The van der Waals surface area contributed by atoms with Gasteiger partial charge in [-0.15, -0.1) is 0 Å². The van der Waals surface area contributed by atoms with Gasteiger partial charge >= 0.3 is 0 Å². The number of nitrogens with zero attached hydrogens (tertiary/aromatic N) is 2. The third-order valence-electron chi connectivity index (χ3n) is 4.31. The molecule has 25 heavy (non-hydrogen) atoms. The summed E-state index contributed by atoms with van der Waals surface area (Å²) in [7, 11) is 0. The van der Waals surface area contributed by atoms with Gasteiger partial charge < -0.3 is 15.1 Å². The molecule has 7 heteroatoms. The summed E-state index contributed by atoms with van der Waals surface area (Å²) < 4.78 is 5.77. The zero-order valence-corrected chi connectivity index (χ0v) is 13.9. The van der Waals surface area contributed by atoms with Crippen LogP contribution in [0.25, 0.3) is 22.6 Å². The molecule has 2 amide bonds. The largest absolute Gasteiger partial charge is 0.436 e. The maximum absolute atomic E-state index is 12.2. The molecule has 126 valence electrons. The number of aromatic nitrogens is 1. The van der Waals surface area contributed by atoms with Crippen molar-refractivity contribution in [2.24, 2.45) is 11.7 Å². The molecule has 2 aromatic carbocycles. The molecule has 1 unspecified atom stereocenters. The molecule has 0 spiro atoms. The van der Waals surface area contributed by atoms with E-state index in [4.69, 9.17) is 21.8 Å². The SMILES string of the molecule is NC(=O)C1CC(=O)N(c2ccc(Cl)c(-c3nc4ccccc4o3)c2)C1. The molecule has 1 aromatic heterocycles. The second kappa shape index (κ2) is 5.89. The van der Waals surface area contributed by atoms with Crippen LogP contribution in [0.4, 0.5) is 5.69 Å². The Labute approximate surface area is 148 Å². The van der Waals surface area contributed by atoms with E-state index < -0.39 is 11.8 Å². The first-order valence-electron chi connectivity index (χ1n) is 7.78. The van der Waals surface area contributed by atoms with E-state index in [-0.39, 0.29) is 18.9 Å². The summed E-state index contributed by atoms with van der Waals surface area (Å²) in [5, 5.41) is 0.466. The summed E-state index contributed by atoms with van der Waals surface area (Å²) in [6.45, 7) is 0.267. The number of benzene rings is 2. The number of anilines is 1. The van der Waals surface area contributed by atoms with Crippen LogP contribution in [0, 0.1) is 5.92 Å². The van der Waals surface area contributed by atoms with Crippen molar-refractivity contribution in [3.8, 4) is 11.5 Å². The Morgan fingerprint density at radius 2 is 2.08 bits per heavy atom. The molecular formula is C18H14ClN3O3. The summed E-state index contributed by atoms with van der Waals surface area (Å²) in [6.07, 6.45) is 0.121. The highest BCUT2D eigenvalue weighted by Gasteiger charge is 2.34. The third kappa shape index (κ3) is 2.74. The Morgan fingerprint density at radius 3 is 2.80 bits per heavy atom. The molecule has 0 bridgehead atoms. The molecule has 4 rings (SSSR count). The van der Waals surface area contributed by atoms with Crippen LogP contribution in [0.5, 0.6) is 0 Å². The van der Waals surface area contributed by atoms with Crippen LogP contribution in [0.3, 0.4) is 0 Å². The van der Waals surface area contributed by atoms with Crippen molar-refractivity contribution in [1.29, 1.82) is 0 Å². The lowest BCUT2D eigenvalue weighted by atomic mass is 10.1. The minimum Gasteiger partial charge on any atom is -0.436 e. The van der Waals surface area contributed by atoms with Crippen LogP contribution in [-0.4, -0.2) is 23.3 Å². The van der Waals surface area contributed by atoms with Gasteiger partial charge in [0.25, 0.3) is 0 Å². The zero-order chi connectivity index (χ0) is 17.6. The molecule has 6 nitrogen and oxygen atoms in total. The second-order valence-corrected chi connectivity index (χ2v) is 6.37. The first kappa shape index (κ1) is 15.7. The second-order valence-electron chi connectivity index (χ2n) is 5.96. The molecule has 0 aliphatic carbocycles. The number of primary amides is 1. The van der Waals surface area contributed by atoms with Gasteiger partial charge in [0, 0.05) is 18.7 Å². The maximum atomic E-state index is 12.2. The predicted molar refractivity (Wildman–Crippen MR) is 94.1 cm³/mol. The van der Waals surface area contributed by atoms with E-state index in [2.05, 4.69) is 4.98 Å². The number of para-hydroxylation sites is 2. The number of carbonyl (C=O) groups excluding carboxylic acids is 2. The number of hydrogen-bond donors (Lipinski definition) is 1. The smallest absolute Gasteiger partial charge is 0.228 e. The van der Waals surface area contributed by atoms with Gasteiger partial charge in [-0.1, -0.05) is 23.7 Å². The molecule has 0 radical (unpaired) electrons. The van der Waals surface area contributed by atoms with Crippen molar-refractivity contribution in [3.05, 3.63) is 47.5 Å². The number of rotatable bonds is 3. The molecule has 0 saturated carbocycles. The van der Waals surface area contributed by atoms with Crippen LogP contribution >= 0.6 is 11.6 Å². The molecule has 2 heterocycles. The molecule has 3 aromatic rings. The number of halogens is 1. The lowest BCUT2D eigenvalue weighted by Crippen LogP contribution is -2.28. The van der Waals surface area contributed by atoms with Crippen LogP contribution in [0.1, 0.15) is 6.42 Å². The normalized spacial score (nSPS) is 17.4. The Balaban J connectivity index is 1.74. The summed E-state index contributed by atoms with van der Waals surface area (Å²) in [4.78, 5) is 29.6. The number of fused-ring (bicyclic) bond motifs is 1. The van der Waals surface area contributed by atoms with Crippen molar-refractivity contribution < 1.29 is 14.0 Å². The number of hydrogen-bond acceptors (Lipinski definition) is 4. The predicted octanol–water partition coefficient (Wildman–Crippen LogP) is 2.99. The van der Waals surface area contributed by atoms with E-state index in [1.165, 1.54) is 4.90 Å². The highest BCUT2D eigenvalue weighted by Crippen LogP contribution is 2.35. The van der Waals surface area contributed by atoms with Gasteiger partial charge in [-0.25, -0.2) is 4.98 Å². The van der Waals surface area contributed by atoms with E-state index in [0.717, 1.165) is 5.52 Å². The van der Waals surface area contributed by atoms with Crippen LogP contribution in [-0.2, 0) is 9.59 Å². The molecule has 1 aliphatic rings. The Morgan fingerprint density at radius 1 is 1.28 bits per heavy atom. The fourth-order valence-corrected chi connectivity index (χ4v) is 3.18. The quantitative estimate of drug-likeness (QED) is 0.782. The van der Waals surface area contributed by atoms with Crippen LogP contribution in [0.2, 0.25) is 5.02 Å². The van der Waals surface area contributed by atoms with Gasteiger partial charge in [-0.3, -0.25) is 9.59 Å². The first-order valence-corrected chi connectivity index (χ1v) is 8.16. The first-order chi connectivity index (χ1) is 12.0. The van der Waals surface area contributed by atoms with Gasteiger partial charge in [0.15, 0.2) is 5.58 Å². The monoisotopic (exact) mass is 355 g/mol. The Hall–Kier alpha value is -2.86. The van der Waals surface area contributed by atoms with Crippen molar-refractivity contribution in [2.75, 3.05) is 11.4 Å². The molecule has 1 atom stereocenters. The topological polar surface area (TPSA) is 89.4 Å². The van der Waals surface area contributed by atoms with Gasteiger partial charge in [-0.2, -0.15) is 0 Å². The summed E-state index contributed by atoms with van der Waals surface area (Å²) in [5.74, 6) is -0.708. The lowest BCUT2D eigenvalue weighted by molar-refractivity contribution is -0.123. The number of carbonyl (C=O) groups is 2. The minimum atomic E-state index is -0.476. The average molecular weight is 356 g/mol. The van der Waals surface area contributed by atoms with Crippen molar-refractivity contribution in [2.45, 2.75) is 6.42 Å². The van der Waals surface area contributed by atoms with Gasteiger partial charge in [0.2, 0.25) is 17.7 Å². The highest BCUT2D eigenvalue weighted by molar-refractivity contribution is 6.33. The summed E-state index contributed by atoms with van der Waals surface area (Å²) in [5.41, 5.74) is 7.93. The van der Waals surface area contributed by atoms with E-state index in [1.807, 2.05) is 24.3 Å². The average Bonchev–Trinajstić information content (AvgIpc) is 3.19. The Bertz CT molecular complexity index is 965. The molecule has 2 N–H and O–H groups in total. The number of amides is 2. The van der Waals surface area contributed by atoms with E-state index in [1.54, 1.807) is 18.2 Å². The maximum Gasteiger partial charge on any atom is 0.228 e. The fraction of sp³-hybridized carbons (Fsp3) is 0.167. The fourth-order valence-electron chi connectivity index (χ4n) is 2.98. The lowest BCUT2D eigenvalue weighted by Gasteiger charge is -2.17. The molecule has 1 fully saturated rings. The summed E-state index contributed by atoms with van der Waals surface area (Å²) in [6, 6.07) is 12.6. The van der Waals surface area contributed by atoms with E-state index >= 15 is 0 Å². The number of oxazole rings is 1. The molecule has 1 aliphatic heterocycles. The Kier molecular flexibility index (Phi) is 3.69. The summed E-state index contributed by atoms with van der Waals surface area (Å²) >= 11 is 6.30. The van der Waals surface area contributed by atoms with Gasteiger partial charge in [0.05, 0.1) is 16.5 Å². The molecular weight excluding hydrogens is 342 g/mol. The number of nitrogens with two attached hydrogens (primary N) is 1. The van der Waals surface area contributed by atoms with E-state index in [0.29, 0.717) is 27.7 Å². The van der Waals surface area contributed by atoms with Crippen LogP contribution < -0.4 is 10.6 Å². The minimum absolute atomic E-state index is 0.121. The van der Waals surface area contributed by atoms with Gasteiger partial charge in [0.1, 0.15) is 5.52 Å². The standard InChI is InChI=1S/C18H14ClN3O3/c19-13-6-5-11(22-9-10(17(20)24)7-16(22)23)8-12(13)18-21-14-3-1-2-4-15(14)25-18/h1-6,8,10H,7,9H2,(H2,20,24). The highest BCUT2D eigenvalue weighted by atomic mass is 35.5. The van der Waals surface area contributed by atoms with Crippen LogP contribution in [0.15, 0.2) is 46.9 Å². The zero-order valence-electron chi connectivity index (χ0n) is 13.1. The van der Waals surface area contributed by atoms with Gasteiger partial charge in [-0.05, 0) is 30.3 Å². The van der Waals surface area contributed by atoms with Crippen molar-refractivity contribution >= 4 is 40.2 Å². The molecule has 1 saturated heterocycles. The van der Waals surface area contributed by atoms with Crippen molar-refractivity contribution in [1.82, 2.24) is 4.98 Å². The third-order valence-corrected chi connectivity index (χ3v) is 4.64.